The average molecular weight is 446 g/mol. The van der Waals surface area contributed by atoms with Crippen LogP contribution < -0.4 is 15.4 Å². The molecule has 0 saturated heterocycles. The van der Waals surface area contributed by atoms with Gasteiger partial charge in [0.15, 0.2) is 0 Å². The summed E-state index contributed by atoms with van der Waals surface area (Å²) in [4.78, 5) is 26.7. The van der Waals surface area contributed by atoms with Crippen molar-refractivity contribution in [2.75, 3.05) is 37.9 Å². The van der Waals surface area contributed by atoms with Gasteiger partial charge in [-0.15, -0.1) is 0 Å². The number of rotatable bonds is 8. The van der Waals surface area contributed by atoms with Crippen molar-refractivity contribution in [2.45, 2.75) is 13.8 Å². The molecule has 2 aromatic carbocycles. The second-order valence-corrected chi connectivity index (χ2v) is 7.71. The summed E-state index contributed by atoms with van der Waals surface area (Å²) in [6.07, 6.45) is 0. The Morgan fingerprint density at radius 2 is 1.61 bits per heavy atom. The molecular formula is C25H27N5O3. The van der Waals surface area contributed by atoms with Gasteiger partial charge >= 0.3 is 0 Å². The second-order valence-electron chi connectivity index (χ2n) is 7.71. The number of nitriles is 1. The van der Waals surface area contributed by atoms with Gasteiger partial charge in [0.05, 0.1) is 25.8 Å². The number of nitrogens with one attached hydrogen (secondary N) is 2. The van der Waals surface area contributed by atoms with Gasteiger partial charge in [0, 0.05) is 17.1 Å². The molecule has 170 valence electrons. The summed E-state index contributed by atoms with van der Waals surface area (Å²) in [5.74, 6) is 0.572. The van der Waals surface area contributed by atoms with Gasteiger partial charge in [-0.1, -0.05) is 18.2 Å². The molecule has 8 heteroatoms. The Kier molecular flexibility index (Phi) is 7.49. The summed E-state index contributed by atoms with van der Waals surface area (Å²) in [7, 11) is 3.28. The zero-order valence-electron chi connectivity index (χ0n) is 19.2. The highest BCUT2D eigenvalue weighted by Crippen LogP contribution is 2.30. The van der Waals surface area contributed by atoms with Gasteiger partial charge in [0.2, 0.25) is 11.8 Å². The number of benzene rings is 2. The van der Waals surface area contributed by atoms with Crippen molar-refractivity contribution in [3.8, 4) is 17.5 Å². The normalized spacial score (nSPS) is 10.5. The van der Waals surface area contributed by atoms with Crippen LogP contribution >= 0.6 is 0 Å². The van der Waals surface area contributed by atoms with E-state index in [0.29, 0.717) is 22.8 Å². The minimum atomic E-state index is -0.325. The van der Waals surface area contributed by atoms with Crippen molar-refractivity contribution in [1.29, 1.82) is 5.26 Å². The van der Waals surface area contributed by atoms with E-state index in [1.165, 1.54) is 0 Å². The van der Waals surface area contributed by atoms with Gasteiger partial charge in [0.1, 0.15) is 17.6 Å². The minimum absolute atomic E-state index is 0.0149. The molecule has 0 atom stereocenters. The predicted octanol–water partition coefficient (Wildman–Crippen LogP) is 3.48. The van der Waals surface area contributed by atoms with Crippen molar-refractivity contribution in [1.82, 2.24) is 9.47 Å². The molecule has 0 aliphatic carbocycles. The first-order chi connectivity index (χ1) is 15.8. The van der Waals surface area contributed by atoms with Gasteiger partial charge in [0.25, 0.3) is 0 Å². The van der Waals surface area contributed by atoms with Gasteiger partial charge < -0.3 is 15.4 Å². The number of carbonyl (C=O) groups excluding carboxylic acids is 2. The Labute approximate surface area is 193 Å². The molecule has 0 radical (unpaired) electrons. The number of nitrogens with zero attached hydrogens (tertiary/aromatic N) is 3. The van der Waals surface area contributed by atoms with Crippen molar-refractivity contribution >= 4 is 23.3 Å². The van der Waals surface area contributed by atoms with Crippen LogP contribution in [0, 0.1) is 25.2 Å². The summed E-state index contributed by atoms with van der Waals surface area (Å²) in [5, 5.41) is 15.4. The first-order valence-electron chi connectivity index (χ1n) is 10.4. The molecule has 1 aromatic heterocycles. The van der Waals surface area contributed by atoms with Crippen molar-refractivity contribution in [3.05, 3.63) is 71.4 Å². The lowest BCUT2D eigenvalue weighted by atomic mass is 10.2. The number of para-hydroxylation sites is 1. The fourth-order valence-corrected chi connectivity index (χ4v) is 3.55. The Bertz CT molecular complexity index is 1180. The predicted molar refractivity (Wildman–Crippen MR) is 128 cm³/mol. The van der Waals surface area contributed by atoms with E-state index < -0.39 is 0 Å². The number of likely N-dealkylation sites (N-methyl/N-ethyl adjacent to an activating group) is 1. The van der Waals surface area contributed by atoms with Gasteiger partial charge in [-0.3, -0.25) is 19.1 Å². The molecule has 0 saturated carbocycles. The van der Waals surface area contributed by atoms with Crippen LogP contribution in [0.1, 0.15) is 16.8 Å². The molecule has 1 heterocycles. The van der Waals surface area contributed by atoms with Crippen LogP contribution in [0.2, 0.25) is 0 Å². The van der Waals surface area contributed by atoms with Crippen LogP contribution in [-0.4, -0.2) is 48.5 Å². The minimum Gasteiger partial charge on any atom is -0.497 e. The summed E-state index contributed by atoms with van der Waals surface area (Å²) in [6, 6.07) is 18.7. The SMILES string of the molecule is COc1ccc(-n2c(C)c(C)c(C#N)c2NC(=O)CN(C)CC(=O)Nc2ccccc2)cc1. The summed E-state index contributed by atoms with van der Waals surface area (Å²) in [5.41, 5.74) is 3.54. The third kappa shape index (κ3) is 5.59. The van der Waals surface area contributed by atoms with Crippen molar-refractivity contribution in [2.24, 2.45) is 0 Å². The Morgan fingerprint density at radius 1 is 1.00 bits per heavy atom. The second kappa shape index (κ2) is 10.5. The topological polar surface area (TPSA) is 99.4 Å². The maximum absolute atomic E-state index is 12.8. The molecule has 0 bridgehead atoms. The average Bonchev–Trinajstić information content (AvgIpc) is 3.03. The van der Waals surface area contributed by atoms with Gasteiger partial charge in [-0.2, -0.15) is 5.26 Å². The molecular weight excluding hydrogens is 418 g/mol. The van der Waals surface area contributed by atoms with E-state index >= 15 is 0 Å². The molecule has 33 heavy (non-hydrogen) atoms. The number of ether oxygens (including phenoxy) is 1. The van der Waals surface area contributed by atoms with E-state index in [2.05, 4.69) is 16.7 Å². The van der Waals surface area contributed by atoms with Crippen LogP contribution in [0.15, 0.2) is 54.6 Å². The van der Waals surface area contributed by atoms with E-state index in [-0.39, 0.29) is 24.9 Å². The zero-order chi connectivity index (χ0) is 24.0. The maximum Gasteiger partial charge on any atom is 0.239 e. The van der Waals surface area contributed by atoms with Crippen LogP contribution in [0.5, 0.6) is 5.75 Å². The first-order valence-corrected chi connectivity index (χ1v) is 10.4. The van der Waals surface area contributed by atoms with Crippen LogP contribution in [-0.2, 0) is 9.59 Å². The lowest BCUT2D eigenvalue weighted by Gasteiger charge is -2.17. The molecule has 2 amide bonds. The molecule has 3 aromatic rings. The standard InChI is InChI=1S/C25H27N5O3/c1-17-18(2)30(20-10-12-21(33-4)13-11-20)25(22(17)14-26)28-24(32)16-29(3)15-23(31)27-19-8-6-5-7-9-19/h5-13H,15-16H2,1-4H3,(H,27,31)(H,28,32). The largest absolute Gasteiger partial charge is 0.497 e. The number of methoxy groups -OCH3 is 1. The molecule has 0 spiro atoms. The highest BCUT2D eigenvalue weighted by molar-refractivity contribution is 5.95. The third-order valence-electron chi connectivity index (χ3n) is 5.30. The van der Waals surface area contributed by atoms with Crippen LogP contribution in [0.4, 0.5) is 11.5 Å². The number of anilines is 2. The highest BCUT2D eigenvalue weighted by Gasteiger charge is 2.21. The lowest BCUT2D eigenvalue weighted by molar-refractivity contribution is -0.119. The smallest absolute Gasteiger partial charge is 0.239 e. The molecule has 0 fully saturated rings. The Balaban J connectivity index is 1.74. The molecule has 0 unspecified atom stereocenters. The quantitative estimate of drug-likeness (QED) is 0.553. The van der Waals surface area contributed by atoms with Crippen LogP contribution in [0.3, 0.4) is 0 Å². The van der Waals surface area contributed by atoms with E-state index in [1.54, 1.807) is 31.2 Å². The molecule has 0 aliphatic rings. The fraction of sp³-hybridized carbons (Fsp3) is 0.240. The van der Waals surface area contributed by atoms with E-state index in [0.717, 1.165) is 16.9 Å². The number of hydrogen-bond donors (Lipinski definition) is 2. The third-order valence-corrected chi connectivity index (χ3v) is 5.30. The highest BCUT2D eigenvalue weighted by atomic mass is 16.5. The maximum atomic E-state index is 12.8. The molecule has 8 nitrogen and oxygen atoms in total. The first kappa shape index (κ1) is 23.6. The number of carbonyl (C=O) groups is 2. The molecule has 3 rings (SSSR count). The fourth-order valence-electron chi connectivity index (χ4n) is 3.55. The zero-order valence-corrected chi connectivity index (χ0v) is 19.2. The monoisotopic (exact) mass is 445 g/mol. The van der Waals surface area contributed by atoms with Crippen molar-refractivity contribution < 1.29 is 14.3 Å². The molecule has 0 aliphatic heterocycles. The number of aromatic nitrogens is 1. The Morgan fingerprint density at radius 3 is 2.18 bits per heavy atom. The van der Waals surface area contributed by atoms with E-state index in [4.69, 9.17) is 4.74 Å². The lowest BCUT2D eigenvalue weighted by Crippen LogP contribution is -2.36. The van der Waals surface area contributed by atoms with Gasteiger partial charge in [-0.05, 0) is 62.9 Å². The molecule has 2 N–H and O–H groups in total. The van der Waals surface area contributed by atoms with E-state index in [9.17, 15) is 14.9 Å². The summed E-state index contributed by atoms with van der Waals surface area (Å²) >= 11 is 0. The number of hydrogen-bond acceptors (Lipinski definition) is 5. The van der Waals surface area contributed by atoms with Crippen molar-refractivity contribution in [3.63, 3.8) is 0 Å². The van der Waals surface area contributed by atoms with Gasteiger partial charge in [-0.25, -0.2) is 0 Å². The van der Waals surface area contributed by atoms with Crippen LogP contribution in [0.25, 0.3) is 5.69 Å². The summed E-state index contributed by atoms with van der Waals surface area (Å²) < 4.78 is 7.06. The Hall–Kier alpha value is -4.09. The van der Waals surface area contributed by atoms with E-state index in [1.807, 2.05) is 60.9 Å². The number of amides is 2. The summed E-state index contributed by atoms with van der Waals surface area (Å²) in [6.45, 7) is 3.78.